The molecule has 0 aliphatic heterocycles. The number of alkyl halides is 2. The maximum atomic E-state index is 10.6. The molecule has 1 aromatic rings. The molecule has 2 rings (SSSR count). The third-order valence-corrected chi connectivity index (χ3v) is 5.53. The van der Waals surface area contributed by atoms with Crippen LogP contribution in [-0.2, 0) is 6.42 Å². The van der Waals surface area contributed by atoms with Crippen LogP contribution in [0.25, 0.3) is 0 Å². The summed E-state index contributed by atoms with van der Waals surface area (Å²) in [6, 6.07) is 7.56. The molecule has 4 heteroatoms. The van der Waals surface area contributed by atoms with E-state index in [0.29, 0.717) is 11.4 Å². The van der Waals surface area contributed by atoms with Crippen LogP contribution in [0.4, 0.5) is 0 Å². The second-order valence-corrected chi connectivity index (χ2v) is 6.59. The van der Waals surface area contributed by atoms with E-state index in [9.17, 15) is 5.11 Å². The standard InChI is InChI=1S/C12H13BrCl2O/c13-11(5-6-11)12(16,8-14)7-9-3-1-2-4-10(9)15/h1-4,16H,5-8H2. The van der Waals surface area contributed by atoms with Crippen LogP contribution >= 0.6 is 39.1 Å². The largest absolute Gasteiger partial charge is 0.387 e. The normalized spacial score (nSPS) is 21.5. The predicted molar refractivity (Wildman–Crippen MR) is 71.7 cm³/mol. The molecular formula is C12H13BrCl2O. The van der Waals surface area contributed by atoms with Crippen LogP contribution in [0, 0.1) is 0 Å². The van der Waals surface area contributed by atoms with E-state index >= 15 is 0 Å². The van der Waals surface area contributed by atoms with Crippen molar-refractivity contribution in [1.29, 1.82) is 0 Å². The molecule has 0 amide bonds. The zero-order valence-electron chi connectivity index (χ0n) is 8.72. The number of hydrogen-bond donors (Lipinski definition) is 1. The monoisotopic (exact) mass is 322 g/mol. The van der Waals surface area contributed by atoms with Crippen LogP contribution in [0.15, 0.2) is 24.3 Å². The molecule has 0 bridgehead atoms. The van der Waals surface area contributed by atoms with Crippen LogP contribution < -0.4 is 0 Å². The smallest absolute Gasteiger partial charge is 0.0975 e. The van der Waals surface area contributed by atoms with Crippen molar-refractivity contribution in [3.63, 3.8) is 0 Å². The highest BCUT2D eigenvalue weighted by Crippen LogP contribution is 2.54. The predicted octanol–water partition coefficient (Wildman–Crippen LogP) is 3.78. The van der Waals surface area contributed by atoms with Crippen molar-refractivity contribution in [3.05, 3.63) is 34.9 Å². The van der Waals surface area contributed by atoms with E-state index in [0.717, 1.165) is 18.4 Å². The van der Waals surface area contributed by atoms with Gasteiger partial charge in [0.05, 0.1) is 15.8 Å². The van der Waals surface area contributed by atoms with Gasteiger partial charge >= 0.3 is 0 Å². The number of halogens is 3. The Morgan fingerprint density at radius 2 is 2.00 bits per heavy atom. The molecule has 0 aromatic heterocycles. The van der Waals surface area contributed by atoms with E-state index in [2.05, 4.69) is 15.9 Å². The van der Waals surface area contributed by atoms with Gasteiger partial charge in [0.1, 0.15) is 0 Å². The molecule has 1 aromatic carbocycles. The van der Waals surface area contributed by atoms with E-state index in [4.69, 9.17) is 23.2 Å². The molecule has 1 fully saturated rings. The lowest BCUT2D eigenvalue weighted by atomic mass is 9.91. The van der Waals surface area contributed by atoms with Crippen LogP contribution in [0.5, 0.6) is 0 Å². The van der Waals surface area contributed by atoms with Gasteiger partial charge in [-0.05, 0) is 24.5 Å². The molecule has 1 aliphatic rings. The average molecular weight is 324 g/mol. The van der Waals surface area contributed by atoms with E-state index in [1.54, 1.807) is 0 Å². The first kappa shape index (κ1) is 12.7. The highest BCUT2D eigenvalue weighted by atomic mass is 79.9. The lowest BCUT2D eigenvalue weighted by Crippen LogP contribution is -2.44. The van der Waals surface area contributed by atoms with Crippen molar-refractivity contribution in [3.8, 4) is 0 Å². The van der Waals surface area contributed by atoms with Gasteiger partial charge in [-0.1, -0.05) is 45.7 Å². The first-order chi connectivity index (χ1) is 7.51. The van der Waals surface area contributed by atoms with Gasteiger partial charge in [-0.25, -0.2) is 0 Å². The Bertz CT molecular complexity index is 392. The molecule has 0 saturated heterocycles. The number of rotatable bonds is 4. The zero-order chi connectivity index (χ0) is 11.8. The third-order valence-electron chi connectivity index (χ3n) is 3.18. The second-order valence-electron chi connectivity index (χ2n) is 4.40. The zero-order valence-corrected chi connectivity index (χ0v) is 11.8. The van der Waals surface area contributed by atoms with Crippen molar-refractivity contribution >= 4 is 39.1 Å². The first-order valence-corrected chi connectivity index (χ1v) is 6.92. The van der Waals surface area contributed by atoms with Crippen molar-refractivity contribution in [1.82, 2.24) is 0 Å². The quantitative estimate of drug-likeness (QED) is 0.836. The minimum Gasteiger partial charge on any atom is -0.387 e. The molecule has 88 valence electrons. The van der Waals surface area contributed by atoms with Crippen LogP contribution in [0.2, 0.25) is 5.02 Å². The van der Waals surface area contributed by atoms with Crippen molar-refractivity contribution < 1.29 is 5.11 Å². The van der Waals surface area contributed by atoms with Gasteiger partial charge in [-0.2, -0.15) is 0 Å². The lowest BCUT2D eigenvalue weighted by molar-refractivity contribution is 0.0559. The lowest BCUT2D eigenvalue weighted by Gasteiger charge is -2.31. The number of benzene rings is 1. The van der Waals surface area contributed by atoms with Gasteiger partial charge in [0, 0.05) is 11.4 Å². The fourth-order valence-corrected chi connectivity index (χ4v) is 3.05. The van der Waals surface area contributed by atoms with Crippen LogP contribution in [0.3, 0.4) is 0 Å². The first-order valence-electron chi connectivity index (χ1n) is 5.21. The van der Waals surface area contributed by atoms with E-state index in [1.165, 1.54) is 0 Å². The van der Waals surface area contributed by atoms with Gasteiger partial charge in [-0.15, -0.1) is 11.6 Å². The summed E-state index contributed by atoms with van der Waals surface area (Å²) in [7, 11) is 0. The van der Waals surface area contributed by atoms with Gasteiger partial charge < -0.3 is 5.11 Å². The summed E-state index contributed by atoms with van der Waals surface area (Å²) in [5.41, 5.74) is 0.0255. The van der Waals surface area contributed by atoms with Gasteiger partial charge in [0.2, 0.25) is 0 Å². The Hall–Kier alpha value is 0.240. The summed E-state index contributed by atoms with van der Waals surface area (Å²) >= 11 is 15.6. The fourth-order valence-electron chi connectivity index (χ4n) is 1.86. The molecule has 1 aliphatic carbocycles. The van der Waals surface area contributed by atoms with E-state index in [1.807, 2.05) is 24.3 Å². The fraction of sp³-hybridized carbons (Fsp3) is 0.500. The molecule has 1 N–H and O–H groups in total. The summed E-state index contributed by atoms with van der Waals surface area (Å²) < 4.78 is -0.221. The molecule has 1 saturated carbocycles. The van der Waals surface area contributed by atoms with E-state index in [-0.39, 0.29) is 10.2 Å². The average Bonchev–Trinajstić information content (AvgIpc) is 3.01. The van der Waals surface area contributed by atoms with E-state index < -0.39 is 5.60 Å². The molecule has 0 heterocycles. The summed E-state index contributed by atoms with van der Waals surface area (Å²) in [5.74, 6) is 0.212. The third kappa shape index (κ3) is 2.26. The maximum absolute atomic E-state index is 10.6. The Morgan fingerprint density at radius 1 is 1.38 bits per heavy atom. The Kier molecular flexibility index (Phi) is 3.56. The molecule has 16 heavy (non-hydrogen) atoms. The summed E-state index contributed by atoms with van der Waals surface area (Å²) in [6.07, 6.45) is 2.41. The molecular weight excluding hydrogens is 311 g/mol. The summed E-state index contributed by atoms with van der Waals surface area (Å²) in [5, 5.41) is 11.2. The van der Waals surface area contributed by atoms with Crippen molar-refractivity contribution in [2.75, 3.05) is 5.88 Å². The van der Waals surface area contributed by atoms with Gasteiger partial charge in [0.15, 0.2) is 0 Å². The van der Waals surface area contributed by atoms with Crippen LogP contribution in [0.1, 0.15) is 18.4 Å². The molecule has 0 radical (unpaired) electrons. The highest BCUT2D eigenvalue weighted by Gasteiger charge is 2.56. The van der Waals surface area contributed by atoms with Crippen LogP contribution in [-0.4, -0.2) is 20.9 Å². The molecule has 1 atom stereocenters. The minimum absolute atomic E-state index is 0.212. The summed E-state index contributed by atoms with van der Waals surface area (Å²) in [4.78, 5) is 0. The molecule has 1 unspecified atom stereocenters. The van der Waals surface area contributed by atoms with Crippen molar-refractivity contribution in [2.45, 2.75) is 29.2 Å². The number of aliphatic hydroxyl groups is 1. The number of hydrogen-bond acceptors (Lipinski definition) is 1. The highest BCUT2D eigenvalue weighted by molar-refractivity contribution is 9.10. The molecule has 0 spiro atoms. The minimum atomic E-state index is -0.917. The SMILES string of the molecule is OC(CCl)(Cc1ccccc1Cl)C1(Br)CC1. The summed E-state index contributed by atoms with van der Waals surface area (Å²) in [6.45, 7) is 0. The molecule has 1 nitrogen and oxygen atoms in total. The Morgan fingerprint density at radius 3 is 2.50 bits per heavy atom. The topological polar surface area (TPSA) is 20.2 Å². The van der Waals surface area contributed by atoms with Crippen molar-refractivity contribution in [2.24, 2.45) is 0 Å². The Labute approximate surface area is 114 Å². The maximum Gasteiger partial charge on any atom is 0.0975 e. The van der Waals surface area contributed by atoms with Gasteiger partial charge in [0.25, 0.3) is 0 Å². The van der Waals surface area contributed by atoms with Gasteiger partial charge in [-0.3, -0.25) is 0 Å². The Balaban J connectivity index is 2.22. The second kappa shape index (κ2) is 4.49.